The van der Waals surface area contributed by atoms with Gasteiger partial charge in [-0.2, -0.15) is 10.1 Å². The van der Waals surface area contributed by atoms with Crippen molar-refractivity contribution in [1.29, 1.82) is 0 Å². The van der Waals surface area contributed by atoms with E-state index < -0.39 is 0 Å². The van der Waals surface area contributed by atoms with E-state index in [1.807, 2.05) is 73.3 Å². The molecule has 5 rings (SSSR count). The third kappa shape index (κ3) is 6.45. The van der Waals surface area contributed by atoms with Crippen LogP contribution < -0.4 is 4.74 Å². The summed E-state index contributed by atoms with van der Waals surface area (Å²) in [4.78, 5) is 20.1. The molecule has 2 aliphatic rings. The number of amidine groups is 1. The minimum Gasteiger partial charge on any atom is -0.493 e. The SMILES string of the molecule is Cc1cc(-c2nn(-c3ccccc3)cc2/C=C2\SC(N3C[C@H](C)O[C@@H](C)C3)=NC2=O)ccc1OCCC(C)C. The first-order valence-electron chi connectivity index (χ1n) is 13.6. The molecule has 0 unspecified atom stereocenters. The summed E-state index contributed by atoms with van der Waals surface area (Å²) in [5, 5.41) is 5.69. The van der Waals surface area contributed by atoms with Gasteiger partial charge in [0.15, 0.2) is 5.17 Å². The second-order valence-electron chi connectivity index (χ2n) is 10.7. The van der Waals surface area contributed by atoms with Crippen LogP contribution >= 0.6 is 11.8 Å². The Morgan fingerprint density at radius 3 is 2.56 bits per heavy atom. The largest absolute Gasteiger partial charge is 0.493 e. The van der Waals surface area contributed by atoms with E-state index in [4.69, 9.17) is 14.6 Å². The topological polar surface area (TPSA) is 69.0 Å². The maximum atomic E-state index is 13.0. The van der Waals surface area contributed by atoms with E-state index in [1.54, 1.807) is 0 Å². The molecule has 39 heavy (non-hydrogen) atoms. The third-order valence-corrected chi connectivity index (χ3v) is 7.79. The van der Waals surface area contributed by atoms with Crippen molar-refractivity contribution in [3.05, 3.63) is 70.8 Å². The number of aromatic nitrogens is 2. The summed E-state index contributed by atoms with van der Waals surface area (Å²) in [6.07, 6.45) is 5.09. The average Bonchev–Trinajstić information content (AvgIpc) is 3.49. The molecule has 8 heteroatoms. The third-order valence-electron chi connectivity index (χ3n) is 6.75. The maximum absolute atomic E-state index is 13.0. The number of amides is 1. The predicted molar refractivity (Wildman–Crippen MR) is 158 cm³/mol. The lowest BCUT2D eigenvalue weighted by Crippen LogP contribution is -2.47. The molecule has 204 valence electrons. The number of thioether (sulfide) groups is 1. The number of para-hydroxylation sites is 1. The molecule has 0 radical (unpaired) electrons. The molecule has 0 bridgehead atoms. The fourth-order valence-corrected chi connectivity index (χ4v) is 5.72. The van der Waals surface area contributed by atoms with Crippen molar-refractivity contribution in [3.8, 4) is 22.7 Å². The Labute approximate surface area is 234 Å². The summed E-state index contributed by atoms with van der Waals surface area (Å²) in [5.41, 5.74) is 4.64. The number of hydrogen-bond donors (Lipinski definition) is 0. The van der Waals surface area contributed by atoms with Crippen LogP contribution in [0.15, 0.2) is 64.6 Å². The van der Waals surface area contributed by atoms with Crippen molar-refractivity contribution in [1.82, 2.24) is 14.7 Å². The van der Waals surface area contributed by atoms with Gasteiger partial charge in [-0.1, -0.05) is 32.0 Å². The fraction of sp³-hybridized carbons (Fsp3) is 0.387. The van der Waals surface area contributed by atoms with Gasteiger partial charge < -0.3 is 14.4 Å². The fourth-order valence-electron chi connectivity index (χ4n) is 4.80. The number of nitrogens with zero attached hydrogens (tertiary/aromatic N) is 4. The summed E-state index contributed by atoms with van der Waals surface area (Å²) < 4.78 is 13.8. The van der Waals surface area contributed by atoms with E-state index in [-0.39, 0.29) is 18.1 Å². The number of ether oxygens (including phenoxy) is 2. The average molecular weight is 545 g/mol. The zero-order chi connectivity index (χ0) is 27.5. The summed E-state index contributed by atoms with van der Waals surface area (Å²) in [6.45, 7) is 12.7. The molecular weight excluding hydrogens is 508 g/mol. The van der Waals surface area contributed by atoms with Gasteiger partial charge in [-0.15, -0.1) is 0 Å². The molecule has 2 aliphatic heterocycles. The van der Waals surface area contributed by atoms with E-state index in [1.165, 1.54) is 11.8 Å². The second-order valence-corrected chi connectivity index (χ2v) is 11.7. The molecule has 3 aromatic rings. The first kappa shape index (κ1) is 27.2. The van der Waals surface area contributed by atoms with E-state index in [2.05, 4.69) is 36.7 Å². The Bertz CT molecular complexity index is 1390. The Hall–Kier alpha value is -3.36. The van der Waals surface area contributed by atoms with Crippen LogP contribution in [-0.4, -0.2) is 57.7 Å². The summed E-state index contributed by atoms with van der Waals surface area (Å²) in [6, 6.07) is 16.2. The van der Waals surface area contributed by atoms with Crippen LogP contribution in [0.5, 0.6) is 5.75 Å². The van der Waals surface area contributed by atoms with Crippen LogP contribution in [0, 0.1) is 12.8 Å². The molecule has 1 saturated heterocycles. The number of aryl methyl sites for hydroxylation is 1. The Kier molecular flexibility index (Phi) is 8.23. The molecule has 0 aliphatic carbocycles. The second kappa shape index (κ2) is 11.8. The van der Waals surface area contributed by atoms with Crippen LogP contribution in [0.4, 0.5) is 0 Å². The number of carbonyl (C=O) groups excluding carboxylic acids is 1. The van der Waals surface area contributed by atoms with Gasteiger partial charge in [0.1, 0.15) is 11.4 Å². The van der Waals surface area contributed by atoms with E-state index >= 15 is 0 Å². The summed E-state index contributed by atoms with van der Waals surface area (Å²) in [5.74, 6) is 1.26. The van der Waals surface area contributed by atoms with Crippen LogP contribution in [0.2, 0.25) is 0 Å². The molecule has 2 aromatic carbocycles. The van der Waals surface area contributed by atoms with Crippen molar-refractivity contribution < 1.29 is 14.3 Å². The molecular formula is C31H36N4O3S. The van der Waals surface area contributed by atoms with Gasteiger partial charge in [-0.25, -0.2) is 4.68 Å². The minimum atomic E-state index is -0.217. The molecule has 2 atom stereocenters. The van der Waals surface area contributed by atoms with Crippen LogP contribution in [0.25, 0.3) is 23.0 Å². The predicted octanol–water partition coefficient (Wildman–Crippen LogP) is 6.35. The zero-order valence-corrected chi connectivity index (χ0v) is 24.1. The van der Waals surface area contributed by atoms with E-state index in [0.717, 1.165) is 58.5 Å². The number of rotatable bonds is 7. The number of morpholine rings is 1. The molecule has 0 N–H and O–H groups in total. The van der Waals surface area contributed by atoms with Crippen molar-refractivity contribution in [2.75, 3.05) is 19.7 Å². The normalized spacial score (nSPS) is 20.7. The number of hydrogen-bond acceptors (Lipinski definition) is 6. The van der Waals surface area contributed by atoms with Gasteiger partial charge in [0, 0.05) is 30.4 Å². The van der Waals surface area contributed by atoms with Crippen LogP contribution in [-0.2, 0) is 9.53 Å². The molecule has 3 heterocycles. The molecule has 1 aromatic heterocycles. The molecule has 0 spiro atoms. The van der Waals surface area contributed by atoms with Crippen molar-refractivity contribution in [2.45, 2.75) is 53.2 Å². The first-order valence-corrected chi connectivity index (χ1v) is 14.4. The highest BCUT2D eigenvalue weighted by Gasteiger charge is 2.31. The minimum absolute atomic E-state index is 0.0939. The highest BCUT2D eigenvalue weighted by molar-refractivity contribution is 8.18. The van der Waals surface area contributed by atoms with E-state index in [0.29, 0.717) is 17.4 Å². The Balaban J connectivity index is 1.45. The standard InChI is InChI=1S/C31H36N4O3S/c1-20(2)13-14-37-27-12-11-24(15-21(27)3)29-25(19-35(33-29)26-9-7-6-8-10-26)16-28-30(36)32-31(39-28)34-17-22(4)38-23(5)18-34/h6-12,15-16,19-20,22-23H,13-14,17-18H2,1-5H3/b28-16-/t22-,23-/m0/s1. The molecule has 1 fully saturated rings. The number of carbonyl (C=O) groups is 1. The van der Waals surface area contributed by atoms with Gasteiger partial charge in [-0.05, 0) is 86.8 Å². The maximum Gasteiger partial charge on any atom is 0.286 e. The lowest BCUT2D eigenvalue weighted by Gasteiger charge is -2.35. The lowest BCUT2D eigenvalue weighted by molar-refractivity contribution is -0.113. The van der Waals surface area contributed by atoms with Gasteiger partial charge >= 0.3 is 0 Å². The highest BCUT2D eigenvalue weighted by atomic mass is 32.2. The van der Waals surface area contributed by atoms with Gasteiger partial charge in [0.2, 0.25) is 0 Å². The Morgan fingerprint density at radius 1 is 1.13 bits per heavy atom. The smallest absolute Gasteiger partial charge is 0.286 e. The zero-order valence-electron chi connectivity index (χ0n) is 23.3. The van der Waals surface area contributed by atoms with Gasteiger partial charge in [0.05, 0.1) is 29.4 Å². The van der Waals surface area contributed by atoms with Gasteiger partial charge in [-0.3, -0.25) is 4.79 Å². The molecule has 0 saturated carbocycles. The monoisotopic (exact) mass is 544 g/mol. The van der Waals surface area contributed by atoms with Crippen molar-refractivity contribution in [2.24, 2.45) is 10.9 Å². The summed E-state index contributed by atoms with van der Waals surface area (Å²) >= 11 is 1.42. The van der Waals surface area contributed by atoms with E-state index in [9.17, 15) is 4.79 Å². The Morgan fingerprint density at radius 2 is 1.87 bits per heavy atom. The van der Waals surface area contributed by atoms with Crippen molar-refractivity contribution in [3.63, 3.8) is 0 Å². The summed E-state index contributed by atoms with van der Waals surface area (Å²) in [7, 11) is 0. The van der Waals surface area contributed by atoms with Gasteiger partial charge in [0.25, 0.3) is 5.91 Å². The van der Waals surface area contributed by atoms with Crippen LogP contribution in [0.3, 0.4) is 0 Å². The quantitative estimate of drug-likeness (QED) is 0.323. The van der Waals surface area contributed by atoms with Crippen LogP contribution in [0.1, 0.15) is 45.2 Å². The van der Waals surface area contributed by atoms with Crippen molar-refractivity contribution >= 4 is 28.9 Å². The number of aliphatic imine (C=N–C) groups is 1. The number of benzene rings is 2. The lowest BCUT2D eigenvalue weighted by atomic mass is 10.0. The molecule has 7 nitrogen and oxygen atoms in total. The highest BCUT2D eigenvalue weighted by Crippen LogP contribution is 2.35. The first-order chi connectivity index (χ1) is 18.8. The molecule has 1 amide bonds.